The minimum absolute atomic E-state index is 0.186. The second-order valence-electron chi connectivity index (χ2n) is 1.71. The van der Waals surface area contributed by atoms with Gasteiger partial charge in [0.2, 0.25) is 0 Å². The van der Waals surface area contributed by atoms with E-state index in [0.717, 1.165) is 0 Å². The summed E-state index contributed by atoms with van der Waals surface area (Å²) in [6.07, 6.45) is 3.34. The van der Waals surface area contributed by atoms with Gasteiger partial charge in [-0.3, -0.25) is 9.78 Å². The largest absolute Gasteiger partial charge is 0.390 e. The van der Waals surface area contributed by atoms with Gasteiger partial charge in [-0.25, -0.2) is 4.98 Å². The van der Waals surface area contributed by atoms with Gasteiger partial charge in [0.15, 0.2) is 6.29 Å². The van der Waals surface area contributed by atoms with E-state index >= 15 is 0 Å². The average Bonchev–Trinajstić information content (AvgIpc) is 2.05. The summed E-state index contributed by atoms with van der Waals surface area (Å²) < 4.78 is 0. The molecule has 52 valence electrons. The number of hydrogen-bond acceptors (Lipinski definition) is 4. The van der Waals surface area contributed by atoms with E-state index in [4.69, 9.17) is 5.11 Å². The van der Waals surface area contributed by atoms with Crippen LogP contribution in [0.15, 0.2) is 12.4 Å². The predicted octanol–water partition coefficient (Wildman–Crippen LogP) is -0.219. The second-order valence-corrected chi connectivity index (χ2v) is 1.71. The Hall–Kier alpha value is -1.29. The zero-order valence-electron chi connectivity index (χ0n) is 5.19. The summed E-state index contributed by atoms with van der Waals surface area (Å²) in [4.78, 5) is 17.5. The van der Waals surface area contributed by atoms with Crippen molar-refractivity contribution in [3.63, 3.8) is 0 Å². The first-order valence-corrected chi connectivity index (χ1v) is 2.74. The quantitative estimate of drug-likeness (QED) is 0.574. The lowest BCUT2D eigenvalue weighted by Gasteiger charge is -1.92. The first-order chi connectivity index (χ1) is 4.86. The molecule has 0 atom stereocenters. The minimum atomic E-state index is -0.186. The van der Waals surface area contributed by atoms with E-state index in [2.05, 4.69) is 9.97 Å². The summed E-state index contributed by atoms with van der Waals surface area (Å²) in [7, 11) is 0. The summed E-state index contributed by atoms with van der Waals surface area (Å²) in [5, 5.41) is 8.54. The molecule has 10 heavy (non-hydrogen) atoms. The van der Waals surface area contributed by atoms with E-state index in [1.807, 2.05) is 0 Å². The fourth-order valence-corrected chi connectivity index (χ4v) is 0.556. The third kappa shape index (κ3) is 1.35. The van der Waals surface area contributed by atoms with Gasteiger partial charge in [0.05, 0.1) is 24.7 Å². The smallest absolute Gasteiger partial charge is 0.170 e. The lowest BCUT2D eigenvalue weighted by atomic mass is 10.4. The molecule has 1 aromatic rings. The molecule has 1 heterocycles. The standard InChI is InChI=1S/C6H6N2O2/c9-3-5-1-7-2-6(4-10)8-5/h1-3,10H,4H2. The van der Waals surface area contributed by atoms with Gasteiger partial charge in [-0.15, -0.1) is 0 Å². The maximum atomic E-state index is 10.1. The number of nitrogens with zero attached hydrogens (tertiary/aromatic N) is 2. The van der Waals surface area contributed by atoms with Crippen molar-refractivity contribution < 1.29 is 9.90 Å². The lowest BCUT2D eigenvalue weighted by Crippen LogP contribution is -1.94. The molecule has 1 rings (SSSR count). The molecule has 0 aromatic carbocycles. The summed E-state index contributed by atoms with van der Waals surface area (Å²) in [6, 6.07) is 0. The first-order valence-electron chi connectivity index (χ1n) is 2.74. The number of carbonyl (C=O) groups excluding carboxylic acids is 1. The molecule has 0 saturated heterocycles. The van der Waals surface area contributed by atoms with E-state index in [1.165, 1.54) is 12.4 Å². The van der Waals surface area contributed by atoms with Crippen molar-refractivity contribution in [2.24, 2.45) is 0 Å². The van der Waals surface area contributed by atoms with Crippen molar-refractivity contribution in [1.82, 2.24) is 9.97 Å². The van der Waals surface area contributed by atoms with Gasteiger partial charge in [-0.1, -0.05) is 0 Å². The van der Waals surface area contributed by atoms with Crippen LogP contribution in [0.1, 0.15) is 16.2 Å². The molecule has 1 aromatic heterocycles. The van der Waals surface area contributed by atoms with E-state index in [-0.39, 0.29) is 12.3 Å². The number of aliphatic hydroxyl groups excluding tert-OH is 1. The second kappa shape index (κ2) is 3.03. The first kappa shape index (κ1) is 6.82. The van der Waals surface area contributed by atoms with Crippen molar-refractivity contribution >= 4 is 6.29 Å². The van der Waals surface area contributed by atoms with Gasteiger partial charge in [-0.2, -0.15) is 0 Å². The Bertz CT molecular complexity index is 237. The third-order valence-electron chi connectivity index (χ3n) is 0.986. The summed E-state index contributed by atoms with van der Waals surface area (Å²) in [6.45, 7) is -0.186. The summed E-state index contributed by atoms with van der Waals surface area (Å²) in [5.74, 6) is 0. The highest BCUT2D eigenvalue weighted by atomic mass is 16.3. The number of carbonyl (C=O) groups is 1. The fourth-order valence-electron chi connectivity index (χ4n) is 0.556. The van der Waals surface area contributed by atoms with Crippen LogP contribution in [-0.4, -0.2) is 21.4 Å². The third-order valence-corrected chi connectivity index (χ3v) is 0.986. The molecule has 0 saturated carbocycles. The molecule has 0 spiro atoms. The van der Waals surface area contributed by atoms with Crippen molar-refractivity contribution in [3.05, 3.63) is 23.8 Å². The van der Waals surface area contributed by atoms with Crippen LogP contribution in [0.5, 0.6) is 0 Å². The van der Waals surface area contributed by atoms with E-state index < -0.39 is 0 Å². The average molecular weight is 138 g/mol. The fraction of sp³-hybridized carbons (Fsp3) is 0.167. The van der Waals surface area contributed by atoms with E-state index in [1.54, 1.807) is 0 Å². The Labute approximate surface area is 57.6 Å². The monoisotopic (exact) mass is 138 g/mol. The molecule has 4 heteroatoms. The van der Waals surface area contributed by atoms with Gasteiger partial charge in [0, 0.05) is 0 Å². The lowest BCUT2D eigenvalue weighted by molar-refractivity contribution is 0.111. The molecule has 0 aliphatic carbocycles. The van der Waals surface area contributed by atoms with Crippen LogP contribution in [0.2, 0.25) is 0 Å². The summed E-state index contributed by atoms with van der Waals surface area (Å²) in [5.41, 5.74) is 0.649. The van der Waals surface area contributed by atoms with Crippen molar-refractivity contribution in [1.29, 1.82) is 0 Å². The molecule has 0 aliphatic rings. The molecule has 0 aliphatic heterocycles. The Kier molecular flexibility index (Phi) is 2.07. The SMILES string of the molecule is O=Cc1cncc(CO)n1. The van der Waals surface area contributed by atoms with Gasteiger partial charge in [0.25, 0.3) is 0 Å². The van der Waals surface area contributed by atoms with Crippen LogP contribution >= 0.6 is 0 Å². The van der Waals surface area contributed by atoms with Crippen LogP contribution in [0.25, 0.3) is 0 Å². The highest BCUT2D eigenvalue weighted by molar-refractivity contribution is 5.70. The predicted molar refractivity (Wildman–Crippen MR) is 33.3 cm³/mol. The molecule has 0 bridgehead atoms. The number of hydrogen-bond donors (Lipinski definition) is 1. The van der Waals surface area contributed by atoms with Crippen LogP contribution < -0.4 is 0 Å². The Morgan fingerprint density at radius 2 is 2.40 bits per heavy atom. The normalized spacial score (nSPS) is 9.30. The number of aldehydes is 1. The zero-order valence-corrected chi connectivity index (χ0v) is 5.19. The van der Waals surface area contributed by atoms with Gasteiger partial charge in [-0.05, 0) is 0 Å². The van der Waals surface area contributed by atoms with Crippen LogP contribution in [0.4, 0.5) is 0 Å². The van der Waals surface area contributed by atoms with Crippen molar-refractivity contribution in [3.8, 4) is 0 Å². The van der Waals surface area contributed by atoms with Crippen LogP contribution in [-0.2, 0) is 6.61 Å². The molecule has 0 radical (unpaired) electrons. The maximum absolute atomic E-state index is 10.1. The van der Waals surface area contributed by atoms with Crippen LogP contribution in [0, 0.1) is 0 Å². The molecule has 0 fully saturated rings. The topological polar surface area (TPSA) is 63.1 Å². The Balaban J connectivity index is 2.98. The van der Waals surface area contributed by atoms with Gasteiger partial charge < -0.3 is 5.11 Å². The number of aromatic nitrogens is 2. The molecule has 1 N–H and O–H groups in total. The molecule has 0 unspecified atom stereocenters. The molecule has 0 amide bonds. The molecular weight excluding hydrogens is 132 g/mol. The van der Waals surface area contributed by atoms with Gasteiger partial charge >= 0.3 is 0 Å². The number of rotatable bonds is 2. The highest BCUT2D eigenvalue weighted by Crippen LogP contribution is 1.92. The molecule has 4 nitrogen and oxygen atoms in total. The van der Waals surface area contributed by atoms with Crippen molar-refractivity contribution in [2.45, 2.75) is 6.61 Å². The Morgan fingerprint density at radius 3 is 3.00 bits per heavy atom. The maximum Gasteiger partial charge on any atom is 0.170 e. The minimum Gasteiger partial charge on any atom is -0.390 e. The zero-order chi connectivity index (χ0) is 7.40. The number of aliphatic hydroxyl groups is 1. The van der Waals surface area contributed by atoms with Gasteiger partial charge in [0.1, 0.15) is 5.69 Å². The van der Waals surface area contributed by atoms with Crippen molar-refractivity contribution in [2.75, 3.05) is 0 Å². The highest BCUT2D eigenvalue weighted by Gasteiger charge is 1.93. The van der Waals surface area contributed by atoms with E-state index in [0.29, 0.717) is 12.0 Å². The Morgan fingerprint density at radius 1 is 1.60 bits per heavy atom. The molecular formula is C6H6N2O2. The summed E-state index contributed by atoms with van der Waals surface area (Å²) >= 11 is 0. The van der Waals surface area contributed by atoms with Crippen LogP contribution in [0.3, 0.4) is 0 Å². The van der Waals surface area contributed by atoms with E-state index in [9.17, 15) is 4.79 Å².